The van der Waals surface area contributed by atoms with E-state index >= 15 is 0 Å². The fraction of sp³-hybridized carbons (Fsp3) is 0.818. The van der Waals surface area contributed by atoms with E-state index in [1.54, 1.807) is 0 Å². The van der Waals surface area contributed by atoms with Crippen LogP contribution in [-0.4, -0.2) is 48.4 Å². The molecule has 0 radical (unpaired) electrons. The van der Waals surface area contributed by atoms with Crippen molar-refractivity contribution in [1.29, 1.82) is 0 Å². The summed E-state index contributed by atoms with van der Waals surface area (Å²) in [7, 11) is 0. The molecular weight excluding hydrogens is 206 g/mol. The second kappa shape index (κ2) is 4.82. The fourth-order valence-electron chi connectivity index (χ4n) is 2.48. The normalized spacial score (nSPS) is 29.4. The Hall–Kier alpha value is -1.10. The largest absolute Gasteiger partial charge is 0.352 e. The number of hydrogen-bond acceptors (Lipinski definition) is 3. The molecule has 0 aromatic carbocycles. The molecule has 0 bridgehead atoms. The van der Waals surface area contributed by atoms with E-state index in [2.05, 4.69) is 10.6 Å². The van der Waals surface area contributed by atoms with Crippen LogP contribution in [0.5, 0.6) is 0 Å². The van der Waals surface area contributed by atoms with Gasteiger partial charge in [0.25, 0.3) is 0 Å². The summed E-state index contributed by atoms with van der Waals surface area (Å²) < 4.78 is 0. The zero-order chi connectivity index (χ0) is 11.5. The Kier molecular flexibility index (Phi) is 3.43. The van der Waals surface area contributed by atoms with Crippen molar-refractivity contribution in [1.82, 2.24) is 15.5 Å². The van der Waals surface area contributed by atoms with Gasteiger partial charge in [0.1, 0.15) is 0 Å². The second-order valence-corrected chi connectivity index (χ2v) is 4.62. The highest BCUT2D eigenvalue weighted by Gasteiger charge is 2.32. The molecular formula is C11H19N3O2. The smallest absolute Gasteiger partial charge is 0.239 e. The third-order valence-electron chi connectivity index (χ3n) is 3.27. The van der Waals surface area contributed by atoms with Crippen molar-refractivity contribution in [3.63, 3.8) is 0 Å². The van der Waals surface area contributed by atoms with Crippen LogP contribution in [0.1, 0.15) is 26.2 Å². The fourth-order valence-corrected chi connectivity index (χ4v) is 2.48. The maximum absolute atomic E-state index is 12.0. The Bertz CT molecular complexity index is 287. The third-order valence-corrected chi connectivity index (χ3v) is 3.27. The molecule has 2 amide bonds. The molecule has 0 spiro atoms. The first-order chi connectivity index (χ1) is 7.66. The average Bonchev–Trinajstić information content (AvgIpc) is 2.84. The van der Waals surface area contributed by atoms with E-state index in [0.717, 1.165) is 32.4 Å². The predicted octanol–water partition coefficient (Wildman–Crippen LogP) is -0.525. The first-order valence-electron chi connectivity index (χ1n) is 5.96. The first-order valence-corrected chi connectivity index (χ1v) is 5.96. The van der Waals surface area contributed by atoms with E-state index in [-0.39, 0.29) is 23.9 Å². The van der Waals surface area contributed by atoms with Crippen LogP contribution in [0.4, 0.5) is 0 Å². The summed E-state index contributed by atoms with van der Waals surface area (Å²) in [6.07, 6.45) is 2.90. The van der Waals surface area contributed by atoms with Gasteiger partial charge in [-0.25, -0.2) is 0 Å². The lowest BCUT2D eigenvalue weighted by Gasteiger charge is -2.20. The van der Waals surface area contributed by atoms with Crippen molar-refractivity contribution in [2.45, 2.75) is 38.3 Å². The number of likely N-dealkylation sites (tertiary alicyclic amines) is 1. The minimum atomic E-state index is -0.0155. The lowest BCUT2D eigenvalue weighted by atomic mass is 10.2. The Morgan fingerprint density at radius 1 is 1.38 bits per heavy atom. The highest BCUT2D eigenvalue weighted by Crippen LogP contribution is 2.14. The molecule has 2 fully saturated rings. The van der Waals surface area contributed by atoms with Gasteiger partial charge in [-0.2, -0.15) is 0 Å². The summed E-state index contributed by atoms with van der Waals surface area (Å²) in [6.45, 7) is 3.89. The van der Waals surface area contributed by atoms with Crippen LogP contribution in [0, 0.1) is 0 Å². The van der Waals surface area contributed by atoms with Gasteiger partial charge in [0.15, 0.2) is 0 Å². The van der Waals surface area contributed by atoms with Gasteiger partial charge < -0.3 is 15.5 Å². The van der Waals surface area contributed by atoms with Crippen LogP contribution in [-0.2, 0) is 9.59 Å². The summed E-state index contributed by atoms with van der Waals surface area (Å²) in [6, 6.07) is 0.152. The Morgan fingerprint density at radius 2 is 2.19 bits per heavy atom. The summed E-state index contributed by atoms with van der Waals surface area (Å²) in [4.78, 5) is 24.8. The van der Waals surface area contributed by atoms with Gasteiger partial charge in [-0.15, -0.1) is 0 Å². The molecule has 2 aliphatic rings. The van der Waals surface area contributed by atoms with Gasteiger partial charge in [-0.3, -0.25) is 9.59 Å². The van der Waals surface area contributed by atoms with E-state index in [9.17, 15) is 9.59 Å². The Balaban J connectivity index is 1.83. The van der Waals surface area contributed by atoms with E-state index in [4.69, 9.17) is 0 Å². The molecule has 0 aromatic heterocycles. The number of amides is 2. The van der Waals surface area contributed by atoms with Gasteiger partial charge in [0.05, 0.1) is 6.04 Å². The van der Waals surface area contributed by atoms with Crippen LogP contribution < -0.4 is 10.6 Å². The van der Waals surface area contributed by atoms with Crippen molar-refractivity contribution in [3.8, 4) is 0 Å². The first kappa shape index (κ1) is 11.4. The molecule has 2 rings (SSSR count). The van der Waals surface area contributed by atoms with Gasteiger partial charge in [0.2, 0.25) is 11.8 Å². The molecule has 2 heterocycles. The van der Waals surface area contributed by atoms with E-state index in [0.29, 0.717) is 6.54 Å². The summed E-state index contributed by atoms with van der Waals surface area (Å²) in [5, 5.41) is 6.07. The molecule has 0 saturated carbocycles. The van der Waals surface area contributed by atoms with Gasteiger partial charge in [0, 0.05) is 26.1 Å². The van der Waals surface area contributed by atoms with Crippen molar-refractivity contribution < 1.29 is 9.59 Å². The summed E-state index contributed by atoms with van der Waals surface area (Å²) in [5.74, 6) is 0.184. The quantitative estimate of drug-likeness (QED) is 0.664. The number of rotatable bonds is 2. The number of hydrogen-bond donors (Lipinski definition) is 2. The van der Waals surface area contributed by atoms with Gasteiger partial charge >= 0.3 is 0 Å². The maximum Gasteiger partial charge on any atom is 0.239 e. The molecule has 2 N–H and O–H groups in total. The molecule has 5 heteroatoms. The predicted molar refractivity (Wildman–Crippen MR) is 59.8 cm³/mol. The molecule has 16 heavy (non-hydrogen) atoms. The number of carbonyl (C=O) groups excluding carboxylic acids is 2. The Morgan fingerprint density at radius 3 is 2.81 bits per heavy atom. The van der Waals surface area contributed by atoms with E-state index in [1.165, 1.54) is 6.92 Å². The molecule has 0 aromatic rings. The van der Waals surface area contributed by atoms with Crippen LogP contribution in [0.2, 0.25) is 0 Å². The lowest BCUT2D eigenvalue weighted by molar-refractivity contribution is -0.132. The van der Waals surface area contributed by atoms with Gasteiger partial charge in [-0.05, 0) is 25.8 Å². The van der Waals surface area contributed by atoms with Crippen molar-refractivity contribution in [2.75, 3.05) is 19.6 Å². The number of nitrogens with zero attached hydrogens (tertiary/aromatic N) is 1. The minimum absolute atomic E-state index is 0.0103. The van der Waals surface area contributed by atoms with Crippen molar-refractivity contribution in [2.24, 2.45) is 0 Å². The molecule has 2 atom stereocenters. The van der Waals surface area contributed by atoms with E-state index in [1.807, 2.05) is 4.90 Å². The van der Waals surface area contributed by atoms with Crippen LogP contribution in [0.15, 0.2) is 0 Å². The van der Waals surface area contributed by atoms with Crippen molar-refractivity contribution >= 4 is 11.8 Å². The van der Waals surface area contributed by atoms with Crippen LogP contribution in [0.3, 0.4) is 0 Å². The zero-order valence-electron chi connectivity index (χ0n) is 9.66. The number of nitrogens with one attached hydrogen (secondary N) is 2. The molecule has 90 valence electrons. The lowest BCUT2D eigenvalue weighted by Crippen LogP contribution is -2.44. The molecule has 5 nitrogen and oxygen atoms in total. The van der Waals surface area contributed by atoms with Crippen LogP contribution in [0.25, 0.3) is 0 Å². The second-order valence-electron chi connectivity index (χ2n) is 4.62. The van der Waals surface area contributed by atoms with Gasteiger partial charge in [-0.1, -0.05) is 0 Å². The molecule has 2 unspecified atom stereocenters. The molecule has 2 aliphatic heterocycles. The molecule has 0 aliphatic carbocycles. The maximum atomic E-state index is 12.0. The topological polar surface area (TPSA) is 61.4 Å². The average molecular weight is 225 g/mol. The van der Waals surface area contributed by atoms with Crippen molar-refractivity contribution in [3.05, 3.63) is 0 Å². The monoisotopic (exact) mass is 225 g/mol. The Labute approximate surface area is 95.6 Å². The molecule has 2 saturated heterocycles. The third kappa shape index (κ3) is 2.52. The van der Waals surface area contributed by atoms with E-state index < -0.39 is 0 Å². The summed E-state index contributed by atoms with van der Waals surface area (Å²) >= 11 is 0. The van der Waals surface area contributed by atoms with Crippen LogP contribution >= 0.6 is 0 Å². The standard InChI is InChI=1S/C11H19N3O2/c1-8(15)13-9-4-6-14(7-9)11(16)10-3-2-5-12-10/h9-10,12H,2-7H2,1H3,(H,13,15). The SMILES string of the molecule is CC(=O)NC1CCN(C(=O)C2CCCN2)C1. The zero-order valence-corrected chi connectivity index (χ0v) is 9.66. The highest BCUT2D eigenvalue weighted by molar-refractivity contribution is 5.82. The number of carbonyl (C=O) groups is 2. The summed E-state index contributed by atoms with van der Waals surface area (Å²) in [5.41, 5.74) is 0. The minimum Gasteiger partial charge on any atom is -0.352 e. The highest BCUT2D eigenvalue weighted by atomic mass is 16.2.